The Balaban J connectivity index is 2.12. The highest BCUT2D eigenvalue weighted by atomic mass is 32.2. The van der Waals surface area contributed by atoms with Crippen LogP contribution in [0.5, 0.6) is 0 Å². The highest BCUT2D eigenvalue weighted by Gasteiger charge is 2.38. The average Bonchev–Trinajstić information content (AvgIpc) is 2.54. The number of aliphatic hydroxyl groups is 1. The fourth-order valence-corrected chi connectivity index (χ4v) is 3.09. The number of hydrogen-bond donors (Lipinski definition) is 2. The quantitative estimate of drug-likeness (QED) is 0.786. The van der Waals surface area contributed by atoms with E-state index >= 15 is 0 Å². The summed E-state index contributed by atoms with van der Waals surface area (Å²) in [5.41, 5.74) is 0.404. The minimum absolute atomic E-state index is 0.434. The second-order valence-electron chi connectivity index (χ2n) is 5.33. The molecule has 0 saturated carbocycles. The molecule has 0 bridgehead atoms. The van der Waals surface area contributed by atoms with Gasteiger partial charge in [-0.15, -0.1) is 0 Å². The second kappa shape index (κ2) is 7.82. The lowest BCUT2D eigenvalue weighted by Crippen LogP contribution is -2.44. The molecule has 1 fully saturated rings. The smallest absolute Gasteiger partial charge is 0.335 e. The lowest BCUT2D eigenvalue weighted by Gasteiger charge is -2.38. The Bertz CT molecular complexity index is 446. The summed E-state index contributed by atoms with van der Waals surface area (Å²) < 4.78 is 5.79. The maximum atomic E-state index is 12.2. The molecule has 1 heterocycles. The van der Waals surface area contributed by atoms with Gasteiger partial charge in [-0.25, -0.2) is 4.79 Å². The van der Waals surface area contributed by atoms with Crippen molar-refractivity contribution in [2.75, 3.05) is 25.1 Å². The van der Waals surface area contributed by atoms with E-state index in [-0.39, 0.29) is 0 Å². The maximum absolute atomic E-state index is 12.2. The largest absolute Gasteiger partial charge is 0.452 e. The lowest BCUT2D eigenvalue weighted by molar-refractivity contribution is -0.174. The zero-order chi connectivity index (χ0) is 15.1. The van der Waals surface area contributed by atoms with E-state index in [1.807, 2.05) is 36.6 Å². The number of piperidine rings is 1. The van der Waals surface area contributed by atoms with Crippen LogP contribution in [0, 0.1) is 0 Å². The molecule has 0 amide bonds. The molecule has 0 spiro atoms. The van der Waals surface area contributed by atoms with Crippen molar-refractivity contribution in [3.8, 4) is 0 Å². The van der Waals surface area contributed by atoms with Gasteiger partial charge in [0, 0.05) is 12.8 Å². The van der Waals surface area contributed by atoms with Crippen LogP contribution in [0.3, 0.4) is 0 Å². The van der Waals surface area contributed by atoms with Gasteiger partial charge in [0.2, 0.25) is 0 Å². The van der Waals surface area contributed by atoms with Gasteiger partial charge in [-0.3, -0.25) is 0 Å². The maximum Gasteiger partial charge on any atom is 0.335 e. The Morgan fingerprint density at radius 3 is 2.67 bits per heavy atom. The Morgan fingerprint density at radius 1 is 1.38 bits per heavy atom. The molecule has 1 aromatic rings. The van der Waals surface area contributed by atoms with Crippen LogP contribution in [0.15, 0.2) is 30.3 Å². The number of carbonyl (C=O) groups is 1. The van der Waals surface area contributed by atoms with Crippen LogP contribution in [-0.2, 0) is 15.1 Å². The molecule has 0 aliphatic carbocycles. The summed E-state index contributed by atoms with van der Waals surface area (Å²) in [7, 11) is 0. The zero-order valence-corrected chi connectivity index (χ0v) is 13.2. The van der Waals surface area contributed by atoms with Crippen molar-refractivity contribution in [2.45, 2.75) is 31.0 Å². The third-order valence-corrected chi connectivity index (χ3v) is 4.52. The summed E-state index contributed by atoms with van der Waals surface area (Å²) in [6.07, 6.45) is 2.82. The highest BCUT2D eigenvalue weighted by Crippen LogP contribution is 2.35. The molecule has 1 saturated heterocycles. The monoisotopic (exact) mass is 309 g/mol. The van der Waals surface area contributed by atoms with Gasteiger partial charge in [-0.2, -0.15) is 11.8 Å². The molecule has 4 nitrogen and oxygen atoms in total. The fourth-order valence-electron chi connectivity index (χ4n) is 2.63. The van der Waals surface area contributed by atoms with Crippen LogP contribution < -0.4 is 5.32 Å². The van der Waals surface area contributed by atoms with Crippen molar-refractivity contribution in [3.05, 3.63) is 35.9 Å². The summed E-state index contributed by atoms with van der Waals surface area (Å²) in [6, 6.07) is 9.85. The molecule has 0 radical (unpaired) electrons. The van der Waals surface area contributed by atoms with E-state index in [1.165, 1.54) is 0 Å². The van der Waals surface area contributed by atoms with E-state index in [2.05, 4.69) is 5.32 Å². The van der Waals surface area contributed by atoms with E-state index in [4.69, 9.17) is 4.74 Å². The van der Waals surface area contributed by atoms with E-state index < -0.39 is 17.7 Å². The molecule has 116 valence electrons. The van der Waals surface area contributed by atoms with Crippen LogP contribution >= 0.6 is 11.8 Å². The van der Waals surface area contributed by atoms with Gasteiger partial charge in [-0.05, 0) is 37.1 Å². The van der Waals surface area contributed by atoms with E-state index in [1.54, 1.807) is 11.8 Å². The van der Waals surface area contributed by atoms with Gasteiger partial charge >= 0.3 is 5.97 Å². The SMILES string of the molecule is CSCCC(O)C(=O)OC1(c2ccccc2)CCNCC1. The number of carbonyl (C=O) groups excluding carboxylic acids is 1. The van der Waals surface area contributed by atoms with E-state index in [0.717, 1.165) is 37.2 Å². The minimum Gasteiger partial charge on any atom is -0.452 e. The Morgan fingerprint density at radius 2 is 2.05 bits per heavy atom. The van der Waals surface area contributed by atoms with Crippen molar-refractivity contribution in [1.29, 1.82) is 0 Å². The Labute approximate surface area is 130 Å². The molecule has 2 rings (SSSR count). The first-order valence-electron chi connectivity index (χ1n) is 7.34. The number of esters is 1. The highest BCUT2D eigenvalue weighted by molar-refractivity contribution is 7.98. The predicted octanol–water partition coefficient (Wildman–Crippen LogP) is 1.92. The van der Waals surface area contributed by atoms with Gasteiger partial charge in [0.15, 0.2) is 6.10 Å². The fraction of sp³-hybridized carbons (Fsp3) is 0.562. The number of hydrogen-bond acceptors (Lipinski definition) is 5. The molecule has 21 heavy (non-hydrogen) atoms. The van der Waals surface area contributed by atoms with Gasteiger partial charge < -0.3 is 15.2 Å². The Hall–Kier alpha value is -1.04. The number of benzene rings is 1. The number of nitrogens with one attached hydrogen (secondary N) is 1. The van der Waals surface area contributed by atoms with Gasteiger partial charge in [0.25, 0.3) is 0 Å². The normalized spacial score (nSPS) is 19.0. The van der Waals surface area contributed by atoms with Crippen LogP contribution in [0.1, 0.15) is 24.8 Å². The predicted molar refractivity (Wildman–Crippen MR) is 85.3 cm³/mol. The molecule has 1 atom stereocenters. The summed E-state index contributed by atoms with van der Waals surface area (Å²) in [6.45, 7) is 1.62. The zero-order valence-electron chi connectivity index (χ0n) is 12.4. The number of rotatable bonds is 6. The summed E-state index contributed by atoms with van der Waals surface area (Å²) in [5.74, 6) is 0.241. The third-order valence-electron chi connectivity index (χ3n) is 3.87. The Kier molecular flexibility index (Phi) is 6.08. The van der Waals surface area contributed by atoms with Crippen LogP contribution in [0.4, 0.5) is 0 Å². The first-order chi connectivity index (χ1) is 10.2. The number of thioether (sulfide) groups is 1. The summed E-state index contributed by atoms with van der Waals surface area (Å²) >= 11 is 1.61. The minimum atomic E-state index is -1.03. The van der Waals surface area contributed by atoms with Crippen molar-refractivity contribution in [1.82, 2.24) is 5.32 Å². The van der Waals surface area contributed by atoms with Crippen LogP contribution in [0.2, 0.25) is 0 Å². The summed E-state index contributed by atoms with van der Waals surface area (Å²) in [5, 5.41) is 13.2. The van der Waals surface area contributed by atoms with Crippen LogP contribution in [-0.4, -0.2) is 42.3 Å². The molecule has 1 aliphatic rings. The average molecular weight is 309 g/mol. The molecule has 2 N–H and O–H groups in total. The first kappa shape index (κ1) is 16.3. The van der Waals surface area contributed by atoms with Crippen molar-refractivity contribution >= 4 is 17.7 Å². The molecule has 5 heteroatoms. The van der Waals surface area contributed by atoms with Crippen molar-refractivity contribution < 1.29 is 14.6 Å². The molecular formula is C16H23NO3S. The first-order valence-corrected chi connectivity index (χ1v) is 8.73. The molecule has 1 unspecified atom stereocenters. The van der Waals surface area contributed by atoms with E-state index in [0.29, 0.717) is 6.42 Å². The van der Waals surface area contributed by atoms with Crippen molar-refractivity contribution in [2.24, 2.45) is 0 Å². The van der Waals surface area contributed by atoms with E-state index in [9.17, 15) is 9.90 Å². The van der Waals surface area contributed by atoms with Crippen LogP contribution in [0.25, 0.3) is 0 Å². The molecule has 0 aromatic heterocycles. The number of ether oxygens (including phenoxy) is 1. The standard InChI is InChI=1S/C16H23NO3S/c1-21-12-7-14(18)15(19)20-16(8-10-17-11-9-16)13-5-3-2-4-6-13/h2-6,14,17-18H,7-12H2,1H3. The molecular weight excluding hydrogens is 286 g/mol. The van der Waals surface area contributed by atoms with Gasteiger partial charge in [0.1, 0.15) is 5.60 Å². The van der Waals surface area contributed by atoms with Crippen molar-refractivity contribution in [3.63, 3.8) is 0 Å². The van der Waals surface area contributed by atoms with Gasteiger partial charge in [-0.1, -0.05) is 30.3 Å². The third kappa shape index (κ3) is 4.22. The molecule has 1 aliphatic heterocycles. The second-order valence-corrected chi connectivity index (χ2v) is 6.31. The topological polar surface area (TPSA) is 58.6 Å². The lowest BCUT2D eigenvalue weighted by atomic mass is 9.84. The molecule has 1 aromatic carbocycles. The summed E-state index contributed by atoms with van der Waals surface area (Å²) in [4.78, 5) is 12.2. The van der Waals surface area contributed by atoms with Gasteiger partial charge in [0.05, 0.1) is 0 Å². The number of aliphatic hydroxyl groups excluding tert-OH is 1.